The van der Waals surface area contributed by atoms with Gasteiger partial charge in [-0.05, 0) is 80.9 Å². The standard InChI is InChI=1S/C16H12Br2N2O3S/c1-2-22-10-5-3-9(4-6-10)19-16-20-15(21)13(24-16)8-11-7-12(17)14(18)23-11/h3-8H,2H2,1H3,(H,19,20,21)/b13-8+. The van der Waals surface area contributed by atoms with Crippen molar-refractivity contribution in [2.75, 3.05) is 6.61 Å². The van der Waals surface area contributed by atoms with Crippen molar-refractivity contribution in [1.29, 1.82) is 0 Å². The summed E-state index contributed by atoms with van der Waals surface area (Å²) in [4.78, 5) is 17.0. The molecule has 1 aliphatic rings. The molecular formula is C16H12Br2N2O3S. The lowest BCUT2D eigenvalue weighted by atomic mass is 10.3. The minimum absolute atomic E-state index is 0.201. The van der Waals surface area contributed by atoms with Crippen LogP contribution in [0, 0.1) is 0 Å². The highest BCUT2D eigenvalue weighted by Crippen LogP contribution is 2.32. The van der Waals surface area contributed by atoms with Crippen LogP contribution in [0.1, 0.15) is 12.7 Å². The van der Waals surface area contributed by atoms with Crippen LogP contribution in [0.5, 0.6) is 5.75 Å². The van der Waals surface area contributed by atoms with Crippen LogP contribution in [-0.4, -0.2) is 17.7 Å². The number of amidine groups is 1. The van der Waals surface area contributed by atoms with E-state index in [4.69, 9.17) is 9.15 Å². The second-order valence-corrected chi connectivity index (χ2v) is 7.28. The minimum atomic E-state index is -0.201. The summed E-state index contributed by atoms with van der Waals surface area (Å²) in [5.74, 6) is 1.17. The highest BCUT2D eigenvalue weighted by molar-refractivity contribution is 9.13. The highest BCUT2D eigenvalue weighted by atomic mass is 79.9. The van der Waals surface area contributed by atoms with E-state index in [1.165, 1.54) is 11.8 Å². The molecule has 1 amide bonds. The van der Waals surface area contributed by atoms with Gasteiger partial charge in [-0.25, -0.2) is 4.99 Å². The van der Waals surface area contributed by atoms with Crippen molar-refractivity contribution in [1.82, 2.24) is 5.32 Å². The first-order valence-corrected chi connectivity index (χ1v) is 9.42. The van der Waals surface area contributed by atoms with E-state index in [-0.39, 0.29) is 5.91 Å². The Kier molecular flexibility index (Phi) is 5.47. The quantitative estimate of drug-likeness (QED) is 0.630. The number of nitrogens with zero attached hydrogens (tertiary/aromatic N) is 1. The van der Waals surface area contributed by atoms with Gasteiger partial charge in [-0.1, -0.05) is 0 Å². The second-order valence-electron chi connectivity index (χ2n) is 4.68. The molecule has 1 N–H and O–H groups in total. The molecule has 0 unspecified atom stereocenters. The number of aliphatic imine (C=N–C) groups is 1. The maximum Gasteiger partial charge on any atom is 0.264 e. The summed E-state index contributed by atoms with van der Waals surface area (Å²) in [6.45, 7) is 2.55. The summed E-state index contributed by atoms with van der Waals surface area (Å²) in [7, 11) is 0. The number of thioether (sulfide) groups is 1. The molecule has 1 saturated heterocycles. The van der Waals surface area contributed by atoms with E-state index in [9.17, 15) is 4.79 Å². The molecule has 3 rings (SSSR count). The fourth-order valence-electron chi connectivity index (χ4n) is 1.94. The van der Waals surface area contributed by atoms with Crippen LogP contribution in [-0.2, 0) is 4.79 Å². The average Bonchev–Trinajstić information content (AvgIpc) is 3.04. The maximum atomic E-state index is 12.0. The third kappa shape index (κ3) is 4.12. The maximum absolute atomic E-state index is 12.0. The Morgan fingerprint density at radius 3 is 2.71 bits per heavy atom. The van der Waals surface area contributed by atoms with Crippen molar-refractivity contribution in [2.24, 2.45) is 4.99 Å². The third-order valence-corrected chi connectivity index (χ3v) is 5.59. The van der Waals surface area contributed by atoms with Gasteiger partial charge in [0.25, 0.3) is 5.91 Å². The van der Waals surface area contributed by atoms with E-state index < -0.39 is 0 Å². The molecule has 1 fully saturated rings. The van der Waals surface area contributed by atoms with Crippen LogP contribution in [0.4, 0.5) is 5.69 Å². The molecule has 1 aromatic carbocycles. The average molecular weight is 472 g/mol. The molecule has 1 aliphatic heterocycles. The van der Waals surface area contributed by atoms with Gasteiger partial charge >= 0.3 is 0 Å². The Hall–Kier alpha value is -1.51. The molecule has 0 aliphatic carbocycles. The zero-order valence-electron chi connectivity index (χ0n) is 12.5. The van der Waals surface area contributed by atoms with Gasteiger partial charge in [-0.3, -0.25) is 4.79 Å². The van der Waals surface area contributed by atoms with Crippen LogP contribution in [0.2, 0.25) is 0 Å². The van der Waals surface area contributed by atoms with Gasteiger partial charge in [0.05, 0.1) is 21.7 Å². The van der Waals surface area contributed by atoms with Crippen molar-refractivity contribution in [3.05, 3.63) is 50.1 Å². The molecule has 0 radical (unpaired) electrons. The number of halogens is 2. The number of rotatable bonds is 4. The fourth-order valence-corrected chi connectivity index (χ4v) is 3.37. The number of ether oxygens (including phenoxy) is 1. The lowest BCUT2D eigenvalue weighted by Crippen LogP contribution is -2.19. The molecular weight excluding hydrogens is 460 g/mol. The van der Waals surface area contributed by atoms with E-state index in [1.54, 1.807) is 12.1 Å². The summed E-state index contributed by atoms with van der Waals surface area (Å²) < 4.78 is 12.2. The van der Waals surface area contributed by atoms with Gasteiger partial charge in [0.15, 0.2) is 9.84 Å². The first-order chi connectivity index (χ1) is 11.5. The number of furan rings is 1. The minimum Gasteiger partial charge on any atom is -0.494 e. The molecule has 2 aromatic rings. The molecule has 0 atom stereocenters. The summed E-state index contributed by atoms with van der Waals surface area (Å²) in [5.41, 5.74) is 0.742. The van der Waals surface area contributed by atoms with Gasteiger partial charge < -0.3 is 14.5 Å². The van der Waals surface area contributed by atoms with Gasteiger partial charge in [-0.2, -0.15) is 0 Å². The van der Waals surface area contributed by atoms with Gasteiger partial charge in [0, 0.05) is 6.08 Å². The predicted molar refractivity (Wildman–Crippen MR) is 103 cm³/mol. The topological polar surface area (TPSA) is 63.8 Å². The monoisotopic (exact) mass is 470 g/mol. The summed E-state index contributed by atoms with van der Waals surface area (Å²) in [6.07, 6.45) is 1.68. The van der Waals surface area contributed by atoms with Crippen molar-refractivity contribution in [2.45, 2.75) is 6.92 Å². The number of hydrogen-bond donors (Lipinski definition) is 1. The lowest BCUT2D eigenvalue weighted by Gasteiger charge is -2.02. The SMILES string of the molecule is CCOc1ccc(N=C2NC(=O)/C(=C\c3cc(Br)c(Br)o3)S2)cc1. The Labute approximate surface area is 159 Å². The Morgan fingerprint density at radius 1 is 1.33 bits per heavy atom. The van der Waals surface area contributed by atoms with Crippen LogP contribution in [0.3, 0.4) is 0 Å². The van der Waals surface area contributed by atoms with Crippen LogP contribution >= 0.6 is 43.6 Å². The van der Waals surface area contributed by atoms with E-state index in [2.05, 4.69) is 42.2 Å². The van der Waals surface area contributed by atoms with E-state index >= 15 is 0 Å². The molecule has 0 saturated carbocycles. The molecule has 8 heteroatoms. The zero-order valence-corrected chi connectivity index (χ0v) is 16.5. The molecule has 0 spiro atoms. The largest absolute Gasteiger partial charge is 0.494 e. The van der Waals surface area contributed by atoms with Gasteiger partial charge in [0.1, 0.15) is 11.5 Å². The number of hydrogen-bond acceptors (Lipinski definition) is 5. The smallest absolute Gasteiger partial charge is 0.264 e. The second kappa shape index (κ2) is 7.58. The van der Waals surface area contributed by atoms with Crippen molar-refractivity contribution >= 4 is 66.5 Å². The Balaban J connectivity index is 1.76. The molecule has 1 aromatic heterocycles. The summed E-state index contributed by atoms with van der Waals surface area (Å²) in [5, 5.41) is 3.27. The zero-order chi connectivity index (χ0) is 17.1. The van der Waals surface area contributed by atoms with E-state index in [0.717, 1.165) is 15.9 Å². The molecule has 5 nitrogen and oxygen atoms in total. The summed E-state index contributed by atoms with van der Waals surface area (Å²) in [6, 6.07) is 9.16. The number of amides is 1. The molecule has 124 valence electrons. The first-order valence-electron chi connectivity index (χ1n) is 7.02. The lowest BCUT2D eigenvalue weighted by molar-refractivity contribution is -0.115. The predicted octanol–water partition coefficient (Wildman–Crippen LogP) is 5.09. The van der Waals surface area contributed by atoms with Crippen molar-refractivity contribution in [3.63, 3.8) is 0 Å². The summed E-state index contributed by atoms with van der Waals surface area (Å²) >= 11 is 7.88. The normalized spacial score (nSPS) is 17.5. The fraction of sp³-hybridized carbons (Fsp3) is 0.125. The molecule has 2 heterocycles. The number of nitrogens with one attached hydrogen (secondary N) is 1. The third-order valence-electron chi connectivity index (χ3n) is 2.97. The van der Waals surface area contributed by atoms with E-state index in [1.807, 2.05) is 31.2 Å². The Morgan fingerprint density at radius 2 is 2.08 bits per heavy atom. The molecule has 0 bridgehead atoms. The van der Waals surface area contributed by atoms with E-state index in [0.29, 0.717) is 27.1 Å². The van der Waals surface area contributed by atoms with Crippen molar-refractivity contribution < 1.29 is 13.9 Å². The number of carbonyl (C=O) groups excluding carboxylic acids is 1. The highest BCUT2D eigenvalue weighted by Gasteiger charge is 2.24. The van der Waals surface area contributed by atoms with Crippen molar-refractivity contribution in [3.8, 4) is 5.75 Å². The van der Waals surface area contributed by atoms with Crippen LogP contribution in [0.25, 0.3) is 6.08 Å². The van der Waals surface area contributed by atoms with Crippen LogP contribution in [0.15, 0.2) is 53.8 Å². The number of carbonyl (C=O) groups is 1. The van der Waals surface area contributed by atoms with Crippen LogP contribution < -0.4 is 10.1 Å². The Bertz CT molecular complexity index is 809. The first kappa shape index (κ1) is 17.3. The molecule has 24 heavy (non-hydrogen) atoms. The number of benzene rings is 1. The van der Waals surface area contributed by atoms with Gasteiger partial charge in [0.2, 0.25) is 0 Å². The van der Waals surface area contributed by atoms with Gasteiger partial charge in [-0.15, -0.1) is 0 Å².